The third-order valence-electron chi connectivity index (χ3n) is 3.89. The molecular weight excluding hydrogens is 346 g/mol. The largest absolute Gasteiger partial charge is 0.492 e. The first-order valence-electron chi connectivity index (χ1n) is 8.38. The van der Waals surface area contributed by atoms with E-state index in [1.165, 1.54) is 0 Å². The number of anilines is 2. The van der Waals surface area contributed by atoms with Crippen molar-refractivity contribution in [1.82, 2.24) is 10.2 Å². The van der Waals surface area contributed by atoms with Gasteiger partial charge in [-0.25, -0.2) is 4.79 Å². The number of urea groups is 1. The molecule has 2 amide bonds. The standard InChI is InChI=1S/C19H19N5O3/c1-4-26-15-8-6-13(10-20)9-14(15)21-19(25)22-18-12(3)17(23-24-18)16-7-5-11(2)27-16/h5-9H,4H2,1-3H3,(H3,21,22,23,24,25). The van der Waals surface area contributed by atoms with Gasteiger partial charge < -0.3 is 14.5 Å². The SMILES string of the molecule is CCOc1ccc(C#N)cc1NC(=O)Nc1n[nH]c(-c2ccc(C)o2)c1C. The van der Waals surface area contributed by atoms with Gasteiger partial charge in [0.2, 0.25) is 0 Å². The van der Waals surface area contributed by atoms with E-state index in [2.05, 4.69) is 20.8 Å². The summed E-state index contributed by atoms with van der Waals surface area (Å²) in [5.41, 5.74) is 2.26. The number of nitrogens with one attached hydrogen (secondary N) is 3. The number of ether oxygens (including phenoxy) is 1. The van der Waals surface area contributed by atoms with Crippen LogP contribution < -0.4 is 15.4 Å². The van der Waals surface area contributed by atoms with Crippen molar-refractivity contribution < 1.29 is 13.9 Å². The van der Waals surface area contributed by atoms with Crippen molar-refractivity contribution in [2.45, 2.75) is 20.8 Å². The number of hydrogen-bond acceptors (Lipinski definition) is 5. The first kappa shape index (κ1) is 18.1. The minimum absolute atomic E-state index is 0.381. The molecule has 3 N–H and O–H groups in total. The second-order valence-corrected chi connectivity index (χ2v) is 5.82. The zero-order valence-corrected chi connectivity index (χ0v) is 15.2. The summed E-state index contributed by atoms with van der Waals surface area (Å²) in [7, 11) is 0. The van der Waals surface area contributed by atoms with Crippen LogP contribution in [-0.2, 0) is 0 Å². The molecule has 0 aliphatic carbocycles. The summed E-state index contributed by atoms with van der Waals surface area (Å²) >= 11 is 0. The average molecular weight is 365 g/mol. The van der Waals surface area contributed by atoms with Gasteiger partial charge in [0.05, 0.1) is 23.9 Å². The lowest BCUT2D eigenvalue weighted by Crippen LogP contribution is -2.20. The van der Waals surface area contributed by atoms with E-state index in [1.54, 1.807) is 18.2 Å². The van der Waals surface area contributed by atoms with E-state index in [0.717, 1.165) is 11.3 Å². The Hall–Kier alpha value is -3.73. The van der Waals surface area contributed by atoms with Gasteiger partial charge in [0.15, 0.2) is 11.6 Å². The molecule has 0 radical (unpaired) electrons. The minimum Gasteiger partial charge on any atom is -0.492 e. The Kier molecular flexibility index (Phi) is 5.13. The molecule has 2 heterocycles. The number of nitriles is 1. The maximum atomic E-state index is 12.4. The fraction of sp³-hybridized carbons (Fsp3) is 0.211. The Balaban J connectivity index is 1.77. The van der Waals surface area contributed by atoms with Crippen molar-refractivity contribution in [2.24, 2.45) is 0 Å². The maximum Gasteiger partial charge on any atom is 0.325 e. The Morgan fingerprint density at radius 3 is 2.78 bits per heavy atom. The lowest BCUT2D eigenvalue weighted by atomic mass is 10.2. The number of amides is 2. The summed E-state index contributed by atoms with van der Waals surface area (Å²) in [6.45, 7) is 5.96. The number of rotatable bonds is 5. The van der Waals surface area contributed by atoms with Crippen LogP contribution in [0.3, 0.4) is 0 Å². The van der Waals surface area contributed by atoms with E-state index in [1.807, 2.05) is 39.0 Å². The summed E-state index contributed by atoms with van der Waals surface area (Å²) in [6.07, 6.45) is 0. The Morgan fingerprint density at radius 2 is 2.11 bits per heavy atom. The number of furan rings is 1. The molecule has 0 fully saturated rings. The van der Waals surface area contributed by atoms with Gasteiger partial charge in [-0.2, -0.15) is 10.4 Å². The normalized spacial score (nSPS) is 10.3. The topological polar surface area (TPSA) is 116 Å². The molecule has 0 aliphatic rings. The molecule has 138 valence electrons. The van der Waals surface area contributed by atoms with Crippen LogP contribution in [0.1, 0.15) is 23.8 Å². The Morgan fingerprint density at radius 1 is 1.30 bits per heavy atom. The summed E-state index contributed by atoms with van der Waals surface area (Å²) in [5, 5.41) is 21.4. The second kappa shape index (κ2) is 7.66. The quantitative estimate of drug-likeness (QED) is 0.626. The molecule has 27 heavy (non-hydrogen) atoms. The third kappa shape index (κ3) is 3.93. The van der Waals surface area contributed by atoms with Gasteiger partial charge in [-0.05, 0) is 51.1 Å². The summed E-state index contributed by atoms with van der Waals surface area (Å²) < 4.78 is 11.1. The lowest BCUT2D eigenvalue weighted by Gasteiger charge is -2.12. The summed E-state index contributed by atoms with van der Waals surface area (Å²) in [6, 6.07) is 10.1. The highest BCUT2D eigenvalue weighted by Gasteiger charge is 2.16. The number of carbonyl (C=O) groups excluding carboxylic acids is 1. The zero-order chi connectivity index (χ0) is 19.4. The highest BCUT2D eigenvalue weighted by Crippen LogP contribution is 2.28. The van der Waals surface area contributed by atoms with Crippen LogP contribution in [0.15, 0.2) is 34.7 Å². The van der Waals surface area contributed by atoms with Crippen LogP contribution >= 0.6 is 0 Å². The van der Waals surface area contributed by atoms with Crippen molar-refractivity contribution in [2.75, 3.05) is 17.2 Å². The molecule has 0 aliphatic heterocycles. The summed E-state index contributed by atoms with van der Waals surface area (Å²) in [5.74, 6) is 2.29. The van der Waals surface area contributed by atoms with Gasteiger partial charge in [0, 0.05) is 5.56 Å². The van der Waals surface area contributed by atoms with Crippen LogP contribution in [0.2, 0.25) is 0 Å². The van der Waals surface area contributed by atoms with E-state index in [9.17, 15) is 4.79 Å². The fourth-order valence-electron chi connectivity index (χ4n) is 2.57. The van der Waals surface area contributed by atoms with E-state index in [4.69, 9.17) is 14.4 Å². The van der Waals surface area contributed by atoms with Crippen molar-refractivity contribution in [3.05, 3.63) is 47.2 Å². The smallest absolute Gasteiger partial charge is 0.325 e. The molecule has 3 aromatic rings. The van der Waals surface area contributed by atoms with Crippen molar-refractivity contribution >= 4 is 17.5 Å². The monoisotopic (exact) mass is 365 g/mol. The maximum absolute atomic E-state index is 12.4. The molecule has 0 bridgehead atoms. The molecule has 2 aromatic heterocycles. The van der Waals surface area contributed by atoms with Crippen LogP contribution in [0.5, 0.6) is 5.75 Å². The number of aromatic amines is 1. The van der Waals surface area contributed by atoms with Gasteiger partial charge in [0.25, 0.3) is 0 Å². The van der Waals surface area contributed by atoms with Gasteiger partial charge in [-0.15, -0.1) is 0 Å². The van der Waals surface area contributed by atoms with E-state index < -0.39 is 6.03 Å². The second-order valence-electron chi connectivity index (χ2n) is 5.82. The molecular formula is C19H19N5O3. The van der Waals surface area contributed by atoms with Crippen molar-refractivity contribution in [3.63, 3.8) is 0 Å². The van der Waals surface area contributed by atoms with Crippen molar-refractivity contribution in [1.29, 1.82) is 5.26 Å². The predicted octanol–water partition coefficient (Wildman–Crippen LogP) is 4.20. The zero-order valence-electron chi connectivity index (χ0n) is 15.2. The molecule has 0 spiro atoms. The first-order valence-corrected chi connectivity index (χ1v) is 8.38. The van der Waals surface area contributed by atoms with Gasteiger partial charge in [0.1, 0.15) is 17.2 Å². The Labute approximate surface area is 156 Å². The molecule has 3 rings (SSSR count). The minimum atomic E-state index is -0.497. The molecule has 1 aromatic carbocycles. The van der Waals surface area contributed by atoms with E-state index in [0.29, 0.717) is 40.9 Å². The molecule has 0 unspecified atom stereocenters. The molecule has 0 saturated carbocycles. The number of aromatic nitrogens is 2. The lowest BCUT2D eigenvalue weighted by molar-refractivity contribution is 0.262. The van der Waals surface area contributed by atoms with Crippen LogP contribution in [0.25, 0.3) is 11.5 Å². The van der Waals surface area contributed by atoms with Crippen LogP contribution in [0.4, 0.5) is 16.3 Å². The molecule has 8 nitrogen and oxygen atoms in total. The van der Waals surface area contributed by atoms with Crippen molar-refractivity contribution in [3.8, 4) is 23.3 Å². The predicted molar refractivity (Wildman–Crippen MR) is 101 cm³/mol. The van der Waals surface area contributed by atoms with Gasteiger partial charge >= 0.3 is 6.03 Å². The molecule has 8 heteroatoms. The van der Waals surface area contributed by atoms with Crippen LogP contribution in [0, 0.1) is 25.2 Å². The van der Waals surface area contributed by atoms with E-state index >= 15 is 0 Å². The number of aryl methyl sites for hydroxylation is 1. The fourth-order valence-corrected chi connectivity index (χ4v) is 2.57. The number of hydrogen-bond donors (Lipinski definition) is 3. The van der Waals surface area contributed by atoms with Gasteiger partial charge in [-0.1, -0.05) is 0 Å². The molecule has 0 saturated heterocycles. The highest BCUT2D eigenvalue weighted by atomic mass is 16.5. The number of nitrogens with zero attached hydrogens (tertiary/aromatic N) is 2. The first-order chi connectivity index (χ1) is 13.0. The highest BCUT2D eigenvalue weighted by molar-refractivity contribution is 6.01. The number of benzene rings is 1. The van der Waals surface area contributed by atoms with E-state index in [-0.39, 0.29) is 0 Å². The average Bonchev–Trinajstić information content (AvgIpc) is 3.22. The third-order valence-corrected chi connectivity index (χ3v) is 3.89. The summed E-state index contributed by atoms with van der Waals surface area (Å²) in [4.78, 5) is 12.4. The number of H-pyrrole nitrogens is 1. The Bertz CT molecular complexity index is 1010. The van der Waals surface area contributed by atoms with Crippen LogP contribution in [-0.4, -0.2) is 22.8 Å². The molecule has 0 atom stereocenters. The number of carbonyl (C=O) groups is 1. The van der Waals surface area contributed by atoms with Gasteiger partial charge in [-0.3, -0.25) is 10.4 Å².